The fourth-order valence-electron chi connectivity index (χ4n) is 3.56. The molecular weight excluding hydrogens is 339 g/mol. The first kappa shape index (κ1) is 17.0. The second-order valence-corrected chi connectivity index (χ2v) is 8.66. The van der Waals surface area contributed by atoms with E-state index < -0.39 is 7.53 Å². The molecule has 0 unspecified atom stereocenters. The van der Waals surface area contributed by atoms with Crippen LogP contribution in [0.1, 0.15) is 18.6 Å². The first-order valence-corrected chi connectivity index (χ1v) is 10.4. The minimum Gasteiger partial charge on any atom is -0.364 e. The molecular formula is C23H21O2P. The topological polar surface area (TPSA) is 26.3 Å². The average Bonchev–Trinajstić information content (AvgIpc) is 3.03. The van der Waals surface area contributed by atoms with Gasteiger partial charge in [-0.1, -0.05) is 93.3 Å². The molecule has 3 heteroatoms. The Labute approximate surface area is 154 Å². The Bertz CT molecular complexity index is 983. The van der Waals surface area contributed by atoms with E-state index in [1.54, 1.807) is 0 Å². The highest BCUT2D eigenvalue weighted by Crippen LogP contribution is 2.50. The van der Waals surface area contributed by atoms with Crippen molar-refractivity contribution in [1.29, 1.82) is 0 Å². The number of hydrogen-bond acceptors (Lipinski definition) is 2. The summed E-state index contributed by atoms with van der Waals surface area (Å²) in [7, 11) is -0.568. The van der Waals surface area contributed by atoms with Gasteiger partial charge >= 0.3 is 0 Å². The number of ether oxygens (including phenoxy) is 1. The molecule has 130 valence electrons. The Kier molecular flexibility index (Phi) is 4.88. The average molecular weight is 360 g/mol. The monoisotopic (exact) mass is 360 g/mol. The van der Waals surface area contributed by atoms with Gasteiger partial charge in [0.25, 0.3) is 0 Å². The molecule has 4 aromatic rings. The highest BCUT2D eigenvalue weighted by atomic mass is 31.1. The molecule has 0 aliphatic heterocycles. The van der Waals surface area contributed by atoms with Gasteiger partial charge in [-0.05, 0) is 16.3 Å². The summed E-state index contributed by atoms with van der Waals surface area (Å²) in [5.41, 5.74) is 1.06. The quantitative estimate of drug-likeness (QED) is 0.365. The fraction of sp³-hybridized carbons (Fsp3) is 0.174. The molecule has 3 aromatic carbocycles. The van der Waals surface area contributed by atoms with Crippen molar-refractivity contribution < 1.29 is 9.53 Å². The predicted molar refractivity (Wildman–Crippen MR) is 110 cm³/mol. The van der Waals surface area contributed by atoms with E-state index in [1.165, 1.54) is 21.0 Å². The molecule has 0 fully saturated rings. The van der Waals surface area contributed by atoms with Crippen LogP contribution in [-0.4, -0.2) is 6.29 Å². The third kappa shape index (κ3) is 3.07. The summed E-state index contributed by atoms with van der Waals surface area (Å²) in [6.45, 7) is 1.93. The number of rotatable bonds is 6. The lowest BCUT2D eigenvalue weighted by molar-refractivity contribution is -0.115. The largest absolute Gasteiger partial charge is 0.364 e. The van der Waals surface area contributed by atoms with Crippen molar-refractivity contribution in [2.45, 2.75) is 19.4 Å². The van der Waals surface area contributed by atoms with Gasteiger partial charge in [0.15, 0.2) is 0 Å². The molecule has 0 amide bonds. The third-order valence-corrected chi connectivity index (χ3v) is 7.23. The van der Waals surface area contributed by atoms with Crippen LogP contribution in [0.25, 0.3) is 21.0 Å². The van der Waals surface area contributed by atoms with E-state index in [0.29, 0.717) is 6.35 Å². The first-order chi connectivity index (χ1) is 12.8. The minimum absolute atomic E-state index is 0.180. The van der Waals surface area contributed by atoms with Gasteiger partial charge in [-0.25, -0.2) is 0 Å². The van der Waals surface area contributed by atoms with Crippen LogP contribution in [0, 0.1) is 5.92 Å². The van der Waals surface area contributed by atoms with Gasteiger partial charge in [0, 0.05) is 16.2 Å². The summed E-state index contributed by atoms with van der Waals surface area (Å²) >= 11 is 0. The molecule has 4 rings (SSSR count). The van der Waals surface area contributed by atoms with Crippen LogP contribution in [-0.2, 0) is 15.9 Å². The normalized spacial score (nSPS) is 13.7. The predicted octanol–water partition coefficient (Wildman–Crippen LogP) is 6.53. The SMILES string of the molecule is C[C@@H](C=O)[C@H](OCp1c2ccccc2c2ccccc21)c1ccccc1. The number of aldehydes is 1. The smallest absolute Gasteiger partial charge is 0.125 e. The molecule has 0 spiro atoms. The van der Waals surface area contributed by atoms with Crippen LogP contribution in [0.2, 0.25) is 0 Å². The number of benzene rings is 3. The summed E-state index contributed by atoms with van der Waals surface area (Å²) in [6.07, 6.45) is 1.40. The molecule has 2 nitrogen and oxygen atoms in total. The van der Waals surface area contributed by atoms with E-state index in [4.69, 9.17) is 4.74 Å². The molecule has 0 bridgehead atoms. The summed E-state index contributed by atoms with van der Waals surface area (Å²) in [4.78, 5) is 11.4. The molecule has 0 saturated heterocycles. The van der Waals surface area contributed by atoms with Gasteiger partial charge in [0.1, 0.15) is 6.29 Å². The van der Waals surface area contributed by atoms with Crippen molar-refractivity contribution >= 4 is 34.8 Å². The van der Waals surface area contributed by atoms with E-state index in [1.807, 2.05) is 37.3 Å². The van der Waals surface area contributed by atoms with Crippen molar-refractivity contribution in [2.24, 2.45) is 5.92 Å². The molecule has 2 atom stereocenters. The summed E-state index contributed by atoms with van der Waals surface area (Å²) in [6, 6.07) is 27.2. The van der Waals surface area contributed by atoms with Crippen LogP contribution >= 0.6 is 7.53 Å². The van der Waals surface area contributed by atoms with E-state index >= 15 is 0 Å². The fourth-order valence-corrected chi connectivity index (χ4v) is 5.91. The van der Waals surface area contributed by atoms with E-state index in [2.05, 4.69) is 48.5 Å². The number of fused-ring (bicyclic) bond motifs is 3. The minimum atomic E-state index is -0.568. The Morgan fingerprint density at radius 1 is 0.846 bits per heavy atom. The Hall–Kier alpha value is -2.41. The van der Waals surface area contributed by atoms with Gasteiger partial charge in [-0.2, -0.15) is 0 Å². The second kappa shape index (κ2) is 7.45. The molecule has 1 aromatic heterocycles. The van der Waals surface area contributed by atoms with Gasteiger partial charge < -0.3 is 9.53 Å². The number of hydrogen-bond donors (Lipinski definition) is 0. The number of carbonyl (C=O) groups is 1. The molecule has 0 saturated carbocycles. The maximum Gasteiger partial charge on any atom is 0.125 e. The van der Waals surface area contributed by atoms with Gasteiger partial charge in [0.2, 0.25) is 0 Å². The van der Waals surface area contributed by atoms with Gasteiger partial charge in [-0.15, -0.1) is 0 Å². The van der Waals surface area contributed by atoms with Crippen molar-refractivity contribution in [3.8, 4) is 0 Å². The zero-order valence-corrected chi connectivity index (χ0v) is 15.6. The molecule has 0 radical (unpaired) electrons. The van der Waals surface area contributed by atoms with Crippen molar-refractivity contribution in [3.63, 3.8) is 0 Å². The zero-order valence-electron chi connectivity index (χ0n) is 14.7. The third-order valence-electron chi connectivity index (χ3n) is 4.88. The highest BCUT2D eigenvalue weighted by molar-refractivity contribution is 7.60. The zero-order chi connectivity index (χ0) is 17.9. The lowest BCUT2D eigenvalue weighted by Crippen LogP contribution is -2.13. The Morgan fingerprint density at radius 3 is 1.96 bits per heavy atom. The molecule has 26 heavy (non-hydrogen) atoms. The summed E-state index contributed by atoms with van der Waals surface area (Å²) in [5, 5.41) is 5.37. The summed E-state index contributed by atoms with van der Waals surface area (Å²) < 4.78 is 6.38. The highest BCUT2D eigenvalue weighted by Gasteiger charge is 2.21. The lowest BCUT2D eigenvalue weighted by atomic mass is 9.99. The number of carbonyl (C=O) groups excluding carboxylic acids is 1. The summed E-state index contributed by atoms with van der Waals surface area (Å²) in [5.74, 6) is -0.180. The van der Waals surface area contributed by atoms with Crippen LogP contribution < -0.4 is 0 Å². The lowest BCUT2D eigenvalue weighted by Gasteiger charge is -2.21. The first-order valence-electron chi connectivity index (χ1n) is 8.87. The van der Waals surface area contributed by atoms with Crippen LogP contribution in [0.15, 0.2) is 78.9 Å². The maximum absolute atomic E-state index is 11.4. The molecule has 0 aliphatic carbocycles. The standard InChI is InChI=1S/C23H21O2P/c1-17(15-24)23(18-9-3-2-4-10-18)25-16-26-21-13-7-5-11-19(21)20-12-6-8-14-22(20)26/h2-15,17,23H,16H2,1H3/t17-,23-/m0/s1. The van der Waals surface area contributed by atoms with Crippen molar-refractivity contribution in [1.82, 2.24) is 0 Å². The van der Waals surface area contributed by atoms with Crippen molar-refractivity contribution in [2.75, 3.05) is 0 Å². The second-order valence-electron chi connectivity index (χ2n) is 6.58. The molecule has 1 heterocycles. The van der Waals surface area contributed by atoms with Crippen LogP contribution in [0.5, 0.6) is 0 Å². The van der Waals surface area contributed by atoms with Gasteiger partial charge in [0.05, 0.1) is 12.5 Å². The van der Waals surface area contributed by atoms with E-state index in [0.717, 1.165) is 11.8 Å². The van der Waals surface area contributed by atoms with Gasteiger partial charge in [-0.3, -0.25) is 0 Å². The van der Waals surface area contributed by atoms with Crippen LogP contribution in [0.4, 0.5) is 0 Å². The van der Waals surface area contributed by atoms with E-state index in [-0.39, 0.29) is 12.0 Å². The Balaban J connectivity index is 1.73. The maximum atomic E-state index is 11.4. The molecule has 0 N–H and O–H groups in total. The Morgan fingerprint density at radius 2 is 1.38 bits per heavy atom. The van der Waals surface area contributed by atoms with Crippen LogP contribution in [0.3, 0.4) is 0 Å². The van der Waals surface area contributed by atoms with E-state index in [9.17, 15) is 4.79 Å². The van der Waals surface area contributed by atoms with Crippen molar-refractivity contribution in [3.05, 3.63) is 84.4 Å². The molecule has 0 aliphatic rings.